The van der Waals surface area contributed by atoms with Crippen molar-refractivity contribution < 1.29 is 18.7 Å². The minimum Gasteiger partial charge on any atom is -0.460 e. The van der Waals surface area contributed by atoms with Crippen LogP contribution in [0, 0.1) is 0 Å². The van der Waals surface area contributed by atoms with Crippen LogP contribution in [-0.2, 0) is 14.3 Å². The van der Waals surface area contributed by atoms with Crippen molar-refractivity contribution in [1.29, 1.82) is 0 Å². The maximum absolute atomic E-state index is 13.8. The van der Waals surface area contributed by atoms with Gasteiger partial charge in [0.2, 0.25) is 0 Å². The fourth-order valence-electron chi connectivity index (χ4n) is 4.26. The van der Waals surface area contributed by atoms with E-state index < -0.39 is 12.0 Å². The van der Waals surface area contributed by atoms with Gasteiger partial charge in [-0.3, -0.25) is 9.36 Å². The summed E-state index contributed by atoms with van der Waals surface area (Å²) in [6.45, 7) is 2.00. The van der Waals surface area contributed by atoms with E-state index in [2.05, 4.69) is 4.99 Å². The standard InChI is InChI=1S/C28H21Cl3N2O5S/c1-15-24(27(35)37-12-11-36-2)25(18-5-3-4-6-20(18)30)33-26(34)23(39-28(33)32-15)14-17-8-10-22(38-17)19-13-16(29)7-9-21(19)31/h3-10,13-14,25H,11-12H2,1-2H3/b23-14-/t25-/m0/s1. The van der Waals surface area contributed by atoms with Gasteiger partial charge < -0.3 is 13.9 Å². The monoisotopic (exact) mass is 602 g/mol. The largest absolute Gasteiger partial charge is 0.460 e. The Bertz CT molecular complexity index is 1790. The molecule has 0 saturated carbocycles. The van der Waals surface area contributed by atoms with E-state index in [0.717, 1.165) is 0 Å². The molecule has 11 heteroatoms. The number of thiazole rings is 1. The average molecular weight is 604 g/mol. The summed E-state index contributed by atoms with van der Waals surface area (Å²) in [7, 11) is 1.52. The Morgan fingerprint density at radius 3 is 2.67 bits per heavy atom. The lowest BCUT2D eigenvalue weighted by Crippen LogP contribution is -2.40. The Morgan fingerprint density at radius 2 is 1.90 bits per heavy atom. The number of esters is 1. The van der Waals surface area contributed by atoms with Crippen LogP contribution < -0.4 is 14.9 Å². The van der Waals surface area contributed by atoms with Crippen LogP contribution >= 0.6 is 46.1 Å². The van der Waals surface area contributed by atoms with Crippen LogP contribution in [0.4, 0.5) is 0 Å². The topological polar surface area (TPSA) is 83.0 Å². The van der Waals surface area contributed by atoms with Crippen molar-refractivity contribution in [1.82, 2.24) is 4.57 Å². The van der Waals surface area contributed by atoms with Crippen molar-refractivity contribution in [3.8, 4) is 11.3 Å². The SMILES string of the molecule is COCCOC(=O)C1=C(C)N=c2s/c(=C\c3ccc(-c4cc(Cl)ccc4Cl)o3)c(=O)n2[C@H]1c1ccccc1Cl. The Hall–Kier alpha value is -3.14. The maximum atomic E-state index is 13.8. The first kappa shape index (κ1) is 27.4. The molecule has 2 aromatic heterocycles. The molecule has 0 aliphatic carbocycles. The number of hydrogen-bond donors (Lipinski definition) is 0. The van der Waals surface area contributed by atoms with Gasteiger partial charge in [-0.15, -0.1) is 0 Å². The van der Waals surface area contributed by atoms with Gasteiger partial charge in [-0.1, -0.05) is 64.3 Å². The summed E-state index contributed by atoms with van der Waals surface area (Å²) in [6.07, 6.45) is 1.63. The first-order chi connectivity index (χ1) is 18.8. The highest BCUT2D eigenvalue weighted by molar-refractivity contribution is 7.07. The molecule has 1 atom stereocenters. The first-order valence-corrected chi connectivity index (χ1v) is 13.7. The zero-order valence-electron chi connectivity index (χ0n) is 20.7. The molecule has 0 N–H and O–H groups in total. The Kier molecular flexibility index (Phi) is 8.11. The maximum Gasteiger partial charge on any atom is 0.338 e. The Morgan fingerprint density at radius 1 is 1.10 bits per heavy atom. The fraction of sp³-hybridized carbons (Fsp3) is 0.179. The number of methoxy groups -OCH3 is 1. The highest BCUT2D eigenvalue weighted by atomic mass is 35.5. The second-order valence-corrected chi connectivity index (χ2v) is 10.8. The van der Waals surface area contributed by atoms with Crippen LogP contribution in [0.25, 0.3) is 17.4 Å². The summed E-state index contributed by atoms with van der Waals surface area (Å²) >= 11 is 20.2. The van der Waals surface area contributed by atoms with E-state index in [0.29, 0.717) is 52.7 Å². The molecule has 5 rings (SSSR count). The van der Waals surface area contributed by atoms with Gasteiger partial charge in [0.1, 0.15) is 24.2 Å². The minimum absolute atomic E-state index is 0.0588. The summed E-state index contributed by atoms with van der Waals surface area (Å²) in [5, 5.41) is 1.41. The van der Waals surface area contributed by atoms with E-state index in [4.69, 9.17) is 48.7 Å². The molecule has 0 radical (unpaired) electrons. The molecule has 0 saturated heterocycles. The van der Waals surface area contributed by atoms with E-state index in [-0.39, 0.29) is 24.3 Å². The molecule has 0 amide bonds. The number of allylic oxidation sites excluding steroid dienone is 1. The van der Waals surface area contributed by atoms with E-state index in [1.54, 1.807) is 67.6 Å². The number of fused-ring (bicyclic) bond motifs is 1. The molecular weight excluding hydrogens is 583 g/mol. The molecule has 1 aliphatic rings. The molecule has 0 unspecified atom stereocenters. The summed E-state index contributed by atoms with van der Waals surface area (Å²) in [5.74, 6) is 0.351. The average Bonchev–Trinajstić information content (AvgIpc) is 3.49. The van der Waals surface area contributed by atoms with Crippen LogP contribution in [0.3, 0.4) is 0 Å². The second-order valence-electron chi connectivity index (χ2n) is 8.56. The third kappa shape index (κ3) is 5.48. The molecule has 1 aliphatic heterocycles. The number of aromatic nitrogens is 1. The highest BCUT2D eigenvalue weighted by Gasteiger charge is 2.34. The number of nitrogens with zero attached hydrogens (tertiary/aromatic N) is 2. The van der Waals surface area contributed by atoms with Crippen LogP contribution in [0.15, 0.2) is 80.1 Å². The Balaban J connectivity index is 1.62. The molecular formula is C28H21Cl3N2O5S. The van der Waals surface area contributed by atoms with E-state index in [1.165, 1.54) is 23.0 Å². The van der Waals surface area contributed by atoms with Gasteiger partial charge in [0, 0.05) is 28.8 Å². The normalized spacial score (nSPS) is 15.3. The summed E-state index contributed by atoms with van der Waals surface area (Å²) in [5.41, 5.74) is 1.53. The van der Waals surface area contributed by atoms with Crippen molar-refractivity contribution in [3.63, 3.8) is 0 Å². The van der Waals surface area contributed by atoms with Crippen LogP contribution in [0.1, 0.15) is 24.3 Å². The lowest BCUT2D eigenvalue weighted by Gasteiger charge is -2.25. The van der Waals surface area contributed by atoms with E-state index >= 15 is 0 Å². The minimum atomic E-state index is -0.829. The molecule has 0 spiro atoms. The molecule has 7 nitrogen and oxygen atoms in total. The Labute approximate surface area is 242 Å². The van der Waals surface area contributed by atoms with Crippen molar-refractivity contribution in [2.24, 2.45) is 4.99 Å². The number of hydrogen-bond acceptors (Lipinski definition) is 7. The second kappa shape index (κ2) is 11.5. The summed E-state index contributed by atoms with van der Waals surface area (Å²) < 4.78 is 18.2. The summed E-state index contributed by atoms with van der Waals surface area (Å²) in [4.78, 5) is 32.0. The van der Waals surface area contributed by atoms with Gasteiger partial charge in [-0.2, -0.15) is 0 Å². The molecule has 2 aromatic carbocycles. The van der Waals surface area contributed by atoms with Crippen LogP contribution in [0.2, 0.25) is 15.1 Å². The smallest absolute Gasteiger partial charge is 0.338 e. The summed E-state index contributed by atoms with van der Waals surface area (Å²) in [6, 6.07) is 14.8. The third-order valence-corrected chi connectivity index (χ3v) is 7.95. The van der Waals surface area contributed by atoms with Gasteiger partial charge >= 0.3 is 5.97 Å². The van der Waals surface area contributed by atoms with Gasteiger partial charge in [0.05, 0.1) is 27.4 Å². The van der Waals surface area contributed by atoms with Gasteiger partial charge in [0.15, 0.2) is 4.80 Å². The number of carbonyl (C=O) groups excluding carboxylic acids is 1. The number of ether oxygens (including phenoxy) is 2. The van der Waals surface area contributed by atoms with E-state index in [9.17, 15) is 9.59 Å². The highest BCUT2D eigenvalue weighted by Crippen LogP contribution is 2.35. The first-order valence-electron chi connectivity index (χ1n) is 11.8. The van der Waals surface area contributed by atoms with Gasteiger partial charge in [-0.05, 0) is 48.9 Å². The molecule has 0 fully saturated rings. The lowest BCUT2D eigenvalue weighted by molar-refractivity contribution is -0.140. The zero-order valence-corrected chi connectivity index (χ0v) is 23.8. The molecule has 39 heavy (non-hydrogen) atoms. The molecule has 200 valence electrons. The van der Waals surface area contributed by atoms with Gasteiger partial charge in [-0.25, -0.2) is 9.79 Å². The number of rotatable bonds is 7. The van der Waals surface area contributed by atoms with Gasteiger partial charge in [0.25, 0.3) is 5.56 Å². The lowest BCUT2D eigenvalue weighted by atomic mass is 9.96. The van der Waals surface area contributed by atoms with E-state index in [1.807, 2.05) is 0 Å². The molecule has 3 heterocycles. The quantitative estimate of drug-likeness (QED) is 0.202. The fourth-order valence-corrected chi connectivity index (χ4v) is 5.91. The molecule has 0 bridgehead atoms. The molecule has 4 aromatic rings. The predicted molar refractivity (Wildman–Crippen MR) is 152 cm³/mol. The van der Waals surface area contributed by atoms with Crippen molar-refractivity contribution in [2.45, 2.75) is 13.0 Å². The van der Waals surface area contributed by atoms with Crippen molar-refractivity contribution >= 4 is 58.2 Å². The van der Waals surface area contributed by atoms with Crippen LogP contribution in [0.5, 0.6) is 0 Å². The number of halogens is 3. The number of benzene rings is 2. The zero-order chi connectivity index (χ0) is 27.7. The number of carbonyl (C=O) groups is 1. The van der Waals surface area contributed by atoms with Crippen molar-refractivity contribution in [2.75, 3.05) is 20.3 Å². The van der Waals surface area contributed by atoms with Crippen molar-refractivity contribution in [3.05, 3.63) is 112 Å². The van der Waals surface area contributed by atoms with Crippen LogP contribution in [-0.4, -0.2) is 30.9 Å². The third-order valence-electron chi connectivity index (χ3n) is 6.06. The number of furan rings is 1. The predicted octanol–water partition coefficient (Wildman–Crippen LogP) is 5.65.